The molecule has 0 saturated carbocycles. The molecule has 4 aromatic rings. The fraction of sp³-hybridized carbons (Fsp3) is 0.310. The zero-order valence-corrected chi connectivity index (χ0v) is 23.5. The maximum Gasteiger partial charge on any atom is 0.230 e. The summed E-state index contributed by atoms with van der Waals surface area (Å²) in [4.78, 5) is 28.7. The molecule has 0 radical (unpaired) electrons. The Balaban J connectivity index is 1.37. The van der Waals surface area contributed by atoms with Gasteiger partial charge in [-0.1, -0.05) is 6.07 Å². The average molecular weight is 564 g/mol. The van der Waals surface area contributed by atoms with Gasteiger partial charge in [-0.25, -0.2) is 22.8 Å². The highest BCUT2D eigenvalue weighted by atomic mass is 32.2. The smallest absolute Gasteiger partial charge is 0.230 e. The molecule has 1 aliphatic heterocycles. The van der Waals surface area contributed by atoms with Gasteiger partial charge in [0.15, 0.2) is 9.84 Å². The van der Waals surface area contributed by atoms with Crippen LogP contribution in [0.4, 0.5) is 15.9 Å². The van der Waals surface area contributed by atoms with Crippen molar-refractivity contribution in [1.82, 2.24) is 15.0 Å². The molecule has 0 aliphatic carbocycles. The van der Waals surface area contributed by atoms with Crippen molar-refractivity contribution in [3.63, 3.8) is 0 Å². The fourth-order valence-electron chi connectivity index (χ4n) is 4.89. The molecule has 208 valence electrons. The van der Waals surface area contributed by atoms with Crippen LogP contribution in [0.5, 0.6) is 0 Å². The van der Waals surface area contributed by atoms with Gasteiger partial charge >= 0.3 is 0 Å². The van der Waals surface area contributed by atoms with Crippen molar-refractivity contribution < 1.29 is 22.3 Å². The van der Waals surface area contributed by atoms with Gasteiger partial charge in [0.05, 0.1) is 46.1 Å². The van der Waals surface area contributed by atoms with Gasteiger partial charge in [-0.2, -0.15) is 0 Å². The number of hydrogen-bond acceptors (Lipinski definition) is 8. The van der Waals surface area contributed by atoms with Crippen LogP contribution in [0.2, 0.25) is 0 Å². The number of aryl methyl sites for hydroxylation is 1. The molecule has 1 saturated heterocycles. The van der Waals surface area contributed by atoms with Gasteiger partial charge in [0.2, 0.25) is 5.91 Å². The first-order valence-corrected chi connectivity index (χ1v) is 14.8. The number of ether oxygens (including phenoxy) is 1. The lowest BCUT2D eigenvalue weighted by molar-refractivity contribution is -0.115. The fourth-order valence-corrected chi connectivity index (χ4v) is 5.88. The molecule has 11 heteroatoms. The molecule has 40 heavy (non-hydrogen) atoms. The minimum atomic E-state index is -3.43. The van der Waals surface area contributed by atoms with Crippen LogP contribution >= 0.6 is 0 Å². The van der Waals surface area contributed by atoms with Crippen molar-refractivity contribution >= 4 is 38.2 Å². The highest BCUT2D eigenvalue weighted by Crippen LogP contribution is 2.26. The molecule has 3 aromatic heterocycles. The summed E-state index contributed by atoms with van der Waals surface area (Å²) in [7, 11) is -3.43. The van der Waals surface area contributed by atoms with Gasteiger partial charge in [0.25, 0.3) is 0 Å². The molecule has 1 amide bonds. The van der Waals surface area contributed by atoms with E-state index in [2.05, 4.69) is 10.3 Å². The lowest BCUT2D eigenvalue weighted by atomic mass is 10.1. The van der Waals surface area contributed by atoms with E-state index in [0.29, 0.717) is 52.8 Å². The first kappa shape index (κ1) is 27.6. The maximum absolute atomic E-state index is 14.7. The summed E-state index contributed by atoms with van der Waals surface area (Å²) in [5.74, 6) is -0.228. The lowest BCUT2D eigenvalue weighted by Gasteiger charge is -2.36. The second-order valence-electron chi connectivity index (χ2n) is 10.2. The van der Waals surface area contributed by atoms with Crippen LogP contribution < -0.4 is 10.2 Å². The lowest BCUT2D eigenvalue weighted by Crippen LogP contribution is -2.45. The maximum atomic E-state index is 14.7. The van der Waals surface area contributed by atoms with E-state index < -0.39 is 15.7 Å². The van der Waals surface area contributed by atoms with E-state index in [4.69, 9.17) is 14.7 Å². The molecule has 4 heterocycles. The molecule has 2 atom stereocenters. The van der Waals surface area contributed by atoms with Gasteiger partial charge in [0, 0.05) is 48.7 Å². The zero-order valence-electron chi connectivity index (χ0n) is 22.7. The molecule has 1 aliphatic rings. The van der Waals surface area contributed by atoms with E-state index in [1.807, 2.05) is 24.8 Å². The number of carbonyl (C=O) groups excluding carboxylic acids is 1. The number of halogens is 1. The quantitative estimate of drug-likeness (QED) is 0.369. The van der Waals surface area contributed by atoms with E-state index in [1.54, 1.807) is 37.4 Å². The molecule has 0 unspecified atom stereocenters. The molecular formula is C29H30FN5O4S. The molecule has 1 fully saturated rings. The summed E-state index contributed by atoms with van der Waals surface area (Å²) >= 11 is 0. The number of benzene rings is 1. The largest absolute Gasteiger partial charge is 0.372 e. The molecule has 1 aromatic carbocycles. The molecule has 1 N–H and O–H groups in total. The first-order valence-electron chi connectivity index (χ1n) is 12.9. The van der Waals surface area contributed by atoms with Crippen LogP contribution in [-0.2, 0) is 25.8 Å². The summed E-state index contributed by atoms with van der Waals surface area (Å²) in [5, 5.41) is 3.50. The summed E-state index contributed by atoms with van der Waals surface area (Å²) in [6, 6.07) is 12.8. The number of pyridine rings is 3. The SMILES string of the molecule is Cc1ccc(NC(=O)Cc2cc3nc(-c4cc(F)cc(N5C[C@@H](C)O[C@@H](C)C5)n4)ccc3cn2)cc1S(C)(=O)=O. The number of carbonyl (C=O) groups is 1. The number of rotatable bonds is 6. The third kappa shape index (κ3) is 6.26. The van der Waals surface area contributed by atoms with Gasteiger partial charge < -0.3 is 15.0 Å². The second-order valence-corrected chi connectivity index (χ2v) is 12.2. The van der Waals surface area contributed by atoms with Crippen LogP contribution in [-0.4, -0.2) is 60.8 Å². The standard InChI is InChI=1S/C29H30FN5O4S/c1-17-5-7-22(12-27(17)40(4,37)38)32-29(36)13-23-11-25-20(14-31-23)6-8-24(33-25)26-9-21(30)10-28(34-26)35-15-18(2)39-19(3)16-35/h5-12,14,18-19H,13,15-16H2,1-4H3,(H,32,36)/t18-,19+. The van der Waals surface area contributed by atoms with E-state index in [-0.39, 0.29) is 29.4 Å². The number of hydrogen-bond donors (Lipinski definition) is 1. The summed E-state index contributed by atoms with van der Waals surface area (Å²) in [6.07, 6.45) is 2.73. The van der Waals surface area contributed by atoms with E-state index >= 15 is 0 Å². The number of anilines is 2. The van der Waals surface area contributed by atoms with Gasteiger partial charge in [-0.3, -0.25) is 9.78 Å². The van der Waals surface area contributed by atoms with Gasteiger partial charge in [0.1, 0.15) is 11.6 Å². The predicted molar refractivity (Wildman–Crippen MR) is 152 cm³/mol. The first-order chi connectivity index (χ1) is 18.9. The Morgan fingerprint density at radius 3 is 2.52 bits per heavy atom. The van der Waals surface area contributed by atoms with Crippen molar-refractivity contribution in [2.24, 2.45) is 0 Å². The number of nitrogens with zero attached hydrogens (tertiary/aromatic N) is 4. The van der Waals surface area contributed by atoms with Crippen LogP contribution in [0.3, 0.4) is 0 Å². The van der Waals surface area contributed by atoms with Crippen LogP contribution in [0, 0.1) is 12.7 Å². The van der Waals surface area contributed by atoms with Crippen molar-refractivity contribution in [2.75, 3.05) is 29.6 Å². The van der Waals surface area contributed by atoms with Crippen LogP contribution in [0.15, 0.2) is 59.6 Å². The second kappa shape index (κ2) is 10.9. The Morgan fingerprint density at radius 2 is 1.80 bits per heavy atom. The monoisotopic (exact) mass is 563 g/mol. The predicted octanol–water partition coefficient (Wildman–Crippen LogP) is 4.34. The molecule has 0 spiro atoms. The minimum Gasteiger partial charge on any atom is -0.372 e. The van der Waals surface area contributed by atoms with Crippen molar-refractivity contribution in [3.05, 3.63) is 71.8 Å². The molecular weight excluding hydrogens is 533 g/mol. The molecule has 0 bridgehead atoms. The number of nitrogens with one attached hydrogen (secondary N) is 1. The Bertz CT molecular complexity index is 1700. The average Bonchev–Trinajstić information content (AvgIpc) is 2.88. The highest BCUT2D eigenvalue weighted by Gasteiger charge is 2.24. The Morgan fingerprint density at radius 1 is 1.05 bits per heavy atom. The van der Waals surface area contributed by atoms with E-state index in [1.165, 1.54) is 18.2 Å². The number of morpholine rings is 1. The number of sulfone groups is 1. The number of fused-ring (bicyclic) bond motifs is 1. The molecule has 9 nitrogen and oxygen atoms in total. The normalized spacial score (nSPS) is 17.7. The third-order valence-electron chi connectivity index (χ3n) is 6.63. The highest BCUT2D eigenvalue weighted by molar-refractivity contribution is 7.90. The van der Waals surface area contributed by atoms with Crippen molar-refractivity contribution in [2.45, 2.75) is 44.3 Å². The van der Waals surface area contributed by atoms with Crippen LogP contribution in [0.1, 0.15) is 25.1 Å². The summed E-state index contributed by atoms with van der Waals surface area (Å²) < 4.78 is 44.5. The Hall–Kier alpha value is -3.96. The van der Waals surface area contributed by atoms with E-state index in [9.17, 15) is 17.6 Å². The minimum absolute atomic E-state index is 0.00641. The van der Waals surface area contributed by atoms with Crippen molar-refractivity contribution in [1.29, 1.82) is 0 Å². The van der Waals surface area contributed by atoms with Crippen LogP contribution in [0.25, 0.3) is 22.3 Å². The summed E-state index contributed by atoms with van der Waals surface area (Å²) in [5.41, 5.74) is 2.96. The topological polar surface area (TPSA) is 114 Å². The van der Waals surface area contributed by atoms with Crippen molar-refractivity contribution in [3.8, 4) is 11.4 Å². The van der Waals surface area contributed by atoms with E-state index in [0.717, 1.165) is 11.6 Å². The molecule has 5 rings (SSSR count). The Kier molecular flexibility index (Phi) is 7.52. The number of aromatic nitrogens is 3. The summed E-state index contributed by atoms with van der Waals surface area (Å²) in [6.45, 7) is 6.88. The Labute approximate surface area is 232 Å². The zero-order chi connectivity index (χ0) is 28.6. The third-order valence-corrected chi connectivity index (χ3v) is 7.86. The van der Waals surface area contributed by atoms with Gasteiger partial charge in [-0.05, 0) is 56.7 Å². The van der Waals surface area contributed by atoms with Gasteiger partial charge in [-0.15, -0.1) is 0 Å². The number of amides is 1.